The van der Waals surface area contributed by atoms with Gasteiger partial charge in [0.25, 0.3) is 0 Å². The molecule has 2 nitrogen and oxygen atoms in total. The van der Waals surface area contributed by atoms with Gasteiger partial charge in [-0.15, -0.1) is 0 Å². The van der Waals surface area contributed by atoms with Crippen molar-refractivity contribution in [3.05, 3.63) is 212 Å². The third kappa shape index (κ3) is 5.62. The standard InChI is InChI=1S/C52H35NO/c1-4-13-36(14-5-1)38-23-29-43(30-24-38)53(44-31-25-39(26-32-44)37-15-6-2-7-16-37)49-35-42(28-33-45(49)40-17-8-3-9-18-40)46-21-12-22-50-51(46)48-34-27-41-19-10-11-20-47(41)52(48)54-50/h1-35H. The van der Waals surface area contributed by atoms with Gasteiger partial charge in [-0.2, -0.15) is 0 Å². The molecule has 0 saturated heterocycles. The maximum Gasteiger partial charge on any atom is 0.143 e. The van der Waals surface area contributed by atoms with Gasteiger partial charge in [-0.3, -0.25) is 0 Å². The number of anilines is 3. The number of nitrogens with zero attached hydrogens (tertiary/aromatic N) is 1. The Kier molecular flexibility index (Phi) is 7.85. The first-order chi connectivity index (χ1) is 26.8. The molecule has 10 rings (SSSR count). The molecule has 9 aromatic carbocycles. The first-order valence-corrected chi connectivity index (χ1v) is 18.4. The number of rotatable bonds is 7. The van der Waals surface area contributed by atoms with E-state index in [0.717, 1.165) is 66.6 Å². The molecule has 0 aliphatic heterocycles. The molecular weight excluding hydrogens is 655 g/mol. The molecule has 0 unspecified atom stereocenters. The highest BCUT2D eigenvalue weighted by Gasteiger charge is 2.21. The summed E-state index contributed by atoms with van der Waals surface area (Å²) in [5.74, 6) is 0. The zero-order valence-corrected chi connectivity index (χ0v) is 29.6. The molecule has 0 spiro atoms. The Morgan fingerprint density at radius 1 is 0.333 bits per heavy atom. The molecule has 0 radical (unpaired) electrons. The monoisotopic (exact) mass is 689 g/mol. The Morgan fingerprint density at radius 3 is 1.50 bits per heavy atom. The summed E-state index contributed by atoms with van der Waals surface area (Å²) in [6.07, 6.45) is 0. The fraction of sp³-hybridized carbons (Fsp3) is 0. The van der Waals surface area contributed by atoms with Crippen LogP contribution in [-0.2, 0) is 0 Å². The smallest absolute Gasteiger partial charge is 0.143 e. The second kappa shape index (κ2) is 13.4. The summed E-state index contributed by atoms with van der Waals surface area (Å²) in [5, 5.41) is 4.55. The van der Waals surface area contributed by atoms with Crippen LogP contribution >= 0.6 is 0 Å². The highest BCUT2D eigenvalue weighted by atomic mass is 16.3. The highest BCUT2D eigenvalue weighted by Crippen LogP contribution is 2.46. The first-order valence-electron chi connectivity index (χ1n) is 18.4. The summed E-state index contributed by atoms with van der Waals surface area (Å²) in [7, 11) is 0. The van der Waals surface area contributed by atoms with Crippen LogP contribution in [0.4, 0.5) is 17.1 Å². The van der Waals surface area contributed by atoms with Gasteiger partial charge < -0.3 is 9.32 Å². The van der Waals surface area contributed by atoms with Crippen molar-refractivity contribution in [2.45, 2.75) is 0 Å². The molecule has 0 aliphatic carbocycles. The predicted octanol–water partition coefficient (Wildman–Crippen LogP) is 14.9. The zero-order chi connectivity index (χ0) is 35.8. The molecule has 2 heteroatoms. The van der Waals surface area contributed by atoms with Gasteiger partial charge in [0, 0.05) is 33.1 Å². The number of hydrogen-bond donors (Lipinski definition) is 0. The van der Waals surface area contributed by atoms with Gasteiger partial charge in [0.1, 0.15) is 11.2 Å². The summed E-state index contributed by atoms with van der Waals surface area (Å²) < 4.78 is 6.62. The molecule has 1 heterocycles. The Bertz CT molecular complexity index is 2810. The van der Waals surface area contributed by atoms with Crippen molar-refractivity contribution in [3.63, 3.8) is 0 Å². The lowest BCUT2D eigenvalue weighted by Crippen LogP contribution is -2.11. The van der Waals surface area contributed by atoms with Gasteiger partial charge in [-0.05, 0) is 86.8 Å². The minimum Gasteiger partial charge on any atom is -0.455 e. The van der Waals surface area contributed by atoms with Gasteiger partial charge in [-0.25, -0.2) is 0 Å². The van der Waals surface area contributed by atoms with Crippen molar-refractivity contribution in [1.29, 1.82) is 0 Å². The van der Waals surface area contributed by atoms with Gasteiger partial charge in [-0.1, -0.05) is 170 Å². The van der Waals surface area contributed by atoms with Crippen LogP contribution < -0.4 is 4.90 Å². The largest absolute Gasteiger partial charge is 0.455 e. The maximum atomic E-state index is 6.62. The lowest BCUT2D eigenvalue weighted by Gasteiger charge is -2.29. The normalized spacial score (nSPS) is 11.3. The van der Waals surface area contributed by atoms with Gasteiger partial charge in [0.2, 0.25) is 0 Å². The average Bonchev–Trinajstić information content (AvgIpc) is 3.65. The molecule has 0 fully saturated rings. The van der Waals surface area contributed by atoms with Crippen molar-refractivity contribution in [3.8, 4) is 44.5 Å². The molecule has 0 saturated carbocycles. The minimum absolute atomic E-state index is 0.886. The SMILES string of the molecule is c1ccc(-c2ccc(N(c3ccc(-c4ccccc4)cc3)c3cc(-c4cccc5oc6c7ccccc7ccc6c45)ccc3-c3ccccc3)cc2)cc1. The number of fused-ring (bicyclic) bond motifs is 5. The van der Waals surface area contributed by atoms with Crippen LogP contribution in [0.2, 0.25) is 0 Å². The fourth-order valence-corrected chi connectivity index (χ4v) is 7.83. The number of furan rings is 1. The Morgan fingerprint density at radius 2 is 0.870 bits per heavy atom. The van der Waals surface area contributed by atoms with E-state index in [1.807, 2.05) is 0 Å². The van der Waals surface area contributed by atoms with E-state index in [1.165, 1.54) is 27.6 Å². The Hall–Kier alpha value is -7.16. The predicted molar refractivity (Wildman–Crippen MR) is 228 cm³/mol. The highest BCUT2D eigenvalue weighted by molar-refractivity contribution is 6.19. The van der Waals surface area contributed by atoms with Crippen LogP contribution in [0.5, 0.6) is 0 Å². The summed E-state index contributed by atoms with van der Waals surface area (Å²) in [5.41, 5.74) is 14.4. The van der Waals surface area contributed by atoms with Crippen LogP contribution in [0, 0.1) is 0 Å². The van der Waals surface area contributed by atoms with Crippen LogP contribution in [0.25, 0.3) is 77.2 Å². The number of benzene rings is 9. The van der Waals surface area contributed by atoms with Crippen LogP contribution in [0.15, 0.2) is 217 Å². The lowest BCUT2D eigenvalue weighted by molar-refractivity contribution is 0.673. The summed E-state index contributed by atoms with van der Waals surface area (Å²) in [6, 6.07) is 75.9. The van der Waals surface area contributed by atoms with Crippen LogP contribution in [0.3, 0.4) is 0 Å². The Labute approximate surface area is 314 Å². The van der Waals surface area contributed by atoms with Crippen molar-refractivity contribution >= 4 is 49.8 Å². The topological polar surface area (TPSA) is 16.4 Å². The quantitative estimate of drug-likeness (QED) is 0.166. The van der Waals surface area contributed by atoms with Crippen LogP contribution in [0.1, 0.15) is 0 Å². The average molecular weight is 690 g/mol. The molecule has 0 atom stereocenters. The van der Waals surface area contributed by atoms with E-state index in [-0.39, 0.29) is 0 Å². The van der Waals surface area contributed by atoms with Crippen LogP contribution in [-0.4, -0.2) is 0 Å². The van der Waals surface area contributed by atoms with Gasteiger partial charge >= 0.3 is 0 Å². The summed E-state index contributed by atoms with van der Waals surface area (Å²) >= 11 is 0. The third-order valence-electron chi connectivity index (χ3n) is 10.5. The molecule has 0 N–H and O–H groups in total. The molecule has 1 aromatic heterocycles. The van der Waals surface area contributed by atoms with Gasteiger partial charge in [0.05, 0.1) is 5.69 Å². The van der Waals surface area contributed by atoms with Gasteiger partial charge in [0.15, 0.2) is 0 Å². The van der Waals surface area contributed by atoms with E-state index in [2.05, 4.69) is 217 Å². The van der Waals surface area contributed by atoms with E-state index in [1.54, 1.807) is 0 Å². The fourth-order valence-electron chi connectivity index (χ4n) is 7.83. The maximum absolute atomic E-state index is 6.62. The first kappa shape index (κ1) is 31.6. The molecule has 0 amide bonds. The van der Waals surface area contributed by atoms with E-state index < -0.39 is 0 Å². The van der Waals surface area contributed by atoms with Crippen molar-refractivity contribution < 1.29 is 4.42 Å². The summed E-state index contributed by atoms with van der Waals surface area (Å²) in [6.45, 7) is 0. The van der Waals surface area contributed by atoms with E-state index in [9.17, 15) is 0 Å². The Balaban J connectivity index is 1.19. The van der Waals surface area contributed by atoms with E-state index in [0.29, 0.717) is 0 Å². The van der Waals surface area contributed by atoms with Crippen molar-refractivity contribution in [2.75, 3.05) is 4.90 Å². The zero-order valence-electron chi connectivity index (χ0n) is 29.6. The molecule has 0 aliphatic rings. The molecule has 10 aromatic rings. The summed E-state index contributed by atoms with van der Waals surface area (Å²) in [4.78, 5) is 2.40. The number of hydrogen-bond acceptors (Lipinski definition) is 2. The third-order valence-corrected chi connectivity index (χ3v) is 10.5. The van der Waals surface area contributed by atoms with E-state index >= 15 is 0 Å². The second-order valence-corrected chi connectivity index (χ2v) is 13.7. The molecule has 0 bridgehead atoms. The second-order valence-electron chi connectivity index (χ2n) is 13.7. The lowest BCUT2D eigenvalue weighted by atomic mass is 9.94. The van der Waals surface area contributed by atoms with Crippen molar-refractivity contribution in [1.82, 2.24) is 0 Å². The molecular formula is C52H35NO. The van der Waals surface area contributed by atoms with Crippen molar-refractivity contribution in [2.24, 2.45) is 0 Å². The molecule has 254 valence electrons. The van der Waals surface area contributed by atoms with E-state index in [4.69, 9.17) is 4.42 Å². The minimum atomic E-state index is 0.886. The molecule has 54 heavy (non-hydrogen) atoms.